The van der Waals surface area contributed by atoms with E-state index in [0.29, 0.717) is 45.4 Å². The summed E-state index contributed by atoms with van der Waals surface area (Å²) in [5, 5.41) is 0. The lowest BCUT2D eigenvalue weighted by molar-refractivity contribution is -0.361. The summed E-state index contributed by atoms with van der Waals surface area (Å²) in [6.07, 6.45) is -6.37. The quantitative estimate of drug-likeness (QED) is 0.164. The van der Waals surface area contributed by atoms with Crippen molar-refractivity contribution in [3.63, 3.8) is 0 Å². The molecule has 0 rings (SSSR count). The van der Waals surface area contributed by atoms with Crippen LogP contribution >= 0.6 is 12.6 Å². The van der Waals surface area contributed by atoms with Crippen molar-refractivity contribution in [3.05, 3.63) is 0 Å². The molecule has 0 heterocycles. The molecule has 0 aromatic rings. The van der Waals surface area contributed by atoms with E-state index in [-0.39, 0.29) is 26.4 Å². The second kappa shape index (κ2) is 16.3. The maximum Gasteiger partial charge on any atom is 0.459 e. The molecule has 0 amide bonds. The highest BCUT2D eigenvalue weighted by atomic mass is 32.1. The second-order valence-corrected chi connectivity index (χ2v) is 6.06. The molecule has 0 aromatic heterocycles. The average molecular weight is 480 g/mol. The maximum absolute atomic E-state index is 12.9. The third-order valence-corrected chi connectivity index (χ3v) is 3.38. The Morgan fingerprint density at radius 3 is 1.07 bits per heavy atom. The van der Waals surface area contributed by atoms with E-state index in [1.165, 1.54) is 0 Å². The van der Waals surface area contributed by atoms with Crippen LogP contribution in [0, 0.1) is 0 Å². The van der Waals surface area contributed by atoms with Gasteiger partial charge in [-0.3, -0.25) is 0 Å². The predicted octanol–water partition coefficient (Wildman–Crippen LogP) is 2.85. The average Bonchev–Trinajstić information content (AvgIpc) is 2.66. The maximum atomic E-state index is 12.9. The fourth-order valence-electron chi connectivity index (χ4n) is 1.66. The van der Waals surface area contributed by atoms with Crippen molar-refractivity contribution in [2.45, 2.75) is 18.0 Å². The molecule has 182 valence electrons. The minimum atomic E-state index is -6.37. The summed E-state index contributed by atoms with van der Waals surface area (Å²) in [4.78, 5) is 0. The second-order valence-electron chi connectivity index (χ2n) is 5.61. The number of rotatable bonds is 20. The number of hydrogen-bond acceptors (Lipinski definition) is 7. The smallest absolute Gasteiger partial charge is 0.378 e. The Hall–Kier alpha value is -0.380. The van der Waals surface area contributed by atoms with Gasteiger partial charge in [0.1, 0.15) is 6.61 Å². The molecule has 0 aliphatic rings. The lowest BCUT2D eigenvalue weighted by Crippen LogP contribution is -2.54. The van der Waals surface area contributed by atoms with Gasteiger partial charge in [0.15, 0.2) is 0 Å². The molecule has 0 unspecified atom stereocenters. The first-order valence-electron chi connectivity index (χ1n) is 8.96. The van der Waals surface area contributed by atoms with Crippen LogP contribution in [0.2, 0.25) is 0 Å². The molecular weight excluding hydrogens is 453 g/mol. The van der Waals surface area contributed by atoms with E-state index in [9.17, 15) is 30.7 Å². The van der Waals surface area contributed by atoms with Gasteiger partial charge in [-0.15, -0.1) is 0 Å². The standard InChI is InChI=1S/C16H27F7O6S/c17-14(18,15(19,20)16(21,22)23)13-29-10-9-27-6-5-25-2-1-24-3-4-26-7-8-28-11-12-30/h30H,1-13H2. The number of alkyl halides is 7. The van der Waals surface area contributed by atoms with Crippen molar-refractivity contribution in [2.75, 3.05) is 85.0 Å². The normalized spacial score (nSPS) is 13.2. The Kier molecular flexibility index (Phi) is 16.1. The molecular formula is C16H27F7O6S. The fourth-order valence-corrected chi connectivity index (χ4v) is 1.79. The summed E-state index contributed by atoms with van der Waals surface area (Å²) in [6.45, 7) is 0.122. The Morgan fingerprint density at radius 2 is 0.767 bits per heavy atom. The fraction of sp³-hybridized carbons (Fsp3) is 1.00. The number of halogens is 7. The minimum Gasteiger partial charge on any atom is -0.378 e. The van der Waals surface area contributed by atoms with Crippen molar-refractivity contribution in [3.8, 4) is 0 Å². The molecule has 14 heteroatoms. The van der Waals surface area contributed by atoms with Crippen LogP contribution in [0.25, 0.3) is 0 Å². The van der Waals surface area contributed by atoms with Crippen LogP contribution in [0.3, 0.4) is 0 Å². The summed E-state index contributed by atoms with van der Waals surface area (Å²) in [7, 11) is 0. The van der Waals surface area contributed by atoms with Gasteiger partial charge in [-0.2, -0.15) is 43.4 Å². The zero-order chi connectivity index (χ0) is 22.9. The van der Waals surface area contributed by atoms with Gasteiger partial charge in [0.05, 0.1) is 72.7 Å². The summed E-state index contributed by atoms with van der Waals surface area (Å²) in [5.74, 6) is -10.9. The van der Waals surface area contributed by atoms with Crippen molar-refractivity contribution in [1.82, 2.24) is 0 Å². The van der Waals surface area contributed by atoms with Crippen LogP contribution in [-0.4, -0.2) is 103 Å². The van der Waals surface area contributed by atoms with E-state index >= 15 is 0 Å². The third-order valence-electron chi connectivity index (χ3n) is 3.19. The lowest BCUT2D eigenvalue weighted by atomic mass is 10.2. The van der Waals surface area contributed by atoms with E-state index in [1.807, 2.05) is 0 Å². The van der Waals surface area contributed by atoms with Crippen molar-refractivity contribution < 1.29 is 59.2 Å². The predicted molar refractivity (Wildman–Crippen MR) is 94.7 cm³/mol. The molecule has 0 atom stereocenters. The SMILES string of the molecule is FC(F)(F)C(F)(F)C(F)(F)COCCOCCOCCOCCOCCOCCS. The van der Waals surface area contributed by atoms with Crippen molar-refractivity contribution >= 4 is 12.6 Å². The van der Waals surface area contributed by atoms with Gasteiger partial charge in [-0.25, -0.2) is 0 Å². The topological polar surface area (TPSA) is 55.4 Å². The zero-order valence-electron chi connectivity index (χ0n) is 16.2. The first kappa shape index (κ1) is 29.6. The van der Waals surface area contributed by atoms with Gasteiger partial charge in [0, 0.05) is 5.75 Å². The Morgan fingerprint density at radius 1 is 0.467 bits per heavy atom. The molecule has 0 spiro atoms. The Labute approximate surface area is 175 Å². The van der Waals surface area contributed by atoms with E-state index in [1.54, 1.807) is 0 Å². The highest BCUT2D eigenvalue weighted by Crippen LogP contribution is 2.46. The van der Waals surface area contributed by atoms with Crippen LogP contribution in [0.5, 0.6) is 0 Å². The third kappa shape index (κ3) is 13.1. The highest BCUT2D eigenvalue weighted by molar-refractivity contribution is 7.80. The Balaban J connectivity index is 3.43. The van der Waals surface area contributed by atoms with Crippen LogP contribution in [0.4, 0.5) is 30.7 Å². The largest absolute Gasteiger partial charge is 0.459 e. The summed E-state index contributed by atoms with van der Waals surface area (Å²) < 4.78 is 117. The molecule has 0 aliphatic carbocycles. The first-order chi connectivity index (χ1) is 14.1. The molecule has 0 aliphatic heterocycles. The molecule has 0 radical (unpaired) electrons. The molecule has 0 saturated heterocycles. The molecule has 0 bridgehead atoms. The van der Waals surface area contributed by atoms with Gasteiger partial charge < -0.3 is 28.4 Å². The van der Waals surface area contributed by atoms with Crippen LogP contribution < -0.4 is 0 Å². The van der Waals surface area contributed by atoms with E-state index in [2.05, 4.69) is 17.4 Å². The summed E-state index contributed by atoms with van der Waals surface area (Å²) >= 11 is 3.99. The minimum absolute atomic E-state index is 0.0495. The number of hydrogen-bond donors (Lipinski definition) is 1. The molecule has 6 nitrogen and oxygen atoms in total. The molecule has 0 N–H and O–H groups in total. The van der Waals surface area contributed by atoms with Crippen molar-refractivity contribution in [1.29, 1.82) is 0 Å². The first-order valence-corrected chi connectivity index (χ1v) is 9.59. The van der Waals surface area contributed by atoms with Gasteiger partial charge in [0.2, 0.25) is 0 Å². The van der Waals surface area contributed by atoms with Gasteiger partial charge in [0.25, 0.3) is 0 Å². The highest BCUT2D eigenvalue weighted by Gasteiger charge is 2.72. The number of thiol groups is 1. The monoisotopic (exact) mass is 480 g/mol. The van der Waals surface area contributed by atoms with E-state index in [4.69, 9.17) is 23.7 Å². The molecule has 0 fully saturated rings. The zero-order valence-corrected chi connectivity index (χ0v) is 17.1. The molecule has 30 heavy (non-hydrogen) atoms. The Bertz CT molecular complexity index is 416. The van der Waals surface area contributed by atoms with Crippen LogP contribution in [0.1, 0.15) is 0 Å². The van der Waals surface area contributed by atoms with Crippen LogP contribution in [0.15, 0.2) is 0 Å². The molecule has 0 saturated carbocycles. The van der Waals surface area contributed by atoms with Crippen LogP contribution in [-0.2, 0) is 28.4 Å². The van der Waals surface area contributed by atoms with Gasteiger partial charge >= 0.3 is 18.0 Å². The molecule has 0 aromatic carbocycles. The van der Waals surface area contributed by atoms with Gasteiger partial charge in [-0.1, -0.05) is 0 Å². The summed E-state index contributed by atoms with van der Waals surface area (Å²) in [6, 6.07) is 0. The van der Waals surface area contributed by atoms with E-state index in [0.717, 1.165) is 0 Å². The lowest BCUT2D eigenvalue weighted by Gasteiger charge is -2.27. The number of ether oxygens (including phenoxy) is 6. The van der Waals surface area contributed by atoms with Crippen molar-refractivity contribution in [2.24, 2.45) is 0 Å². The van der Waals surface area contributed by atoms with Gasteiger partial charge in [-0.05, 0) is 0 Å². The summed E-state index contributed by atoms with van der Waals surface area (Å²) in [5.41, 5.74) is 0. The van der Waals surface area contributed by atoms with E-state index < -0.39 is 31.2 Å².